The van der Waals surface area contributed by atoms with Crippen LogP contribution in [-0.4, -0.2) is 24.9 Å². The summed E-state index contributed by atoms with van der Waals surface area (Å²) in [6, 6.07) is 3.21. The van der Waals surface area contributed by atoms with Crippen LogP contribution in [-0.2, 0) is 0 Å². The van der Waals surface area contributed by atoms with E-state index >= 15 is 0 Å². The maximum atomic E-state index is 11.2. The normalized spacial score (nSPS) is 10.8. The lowest BCUT2D eigenvalue weighted by Crippen LogP contribution is -2.03. The number of aryl methyl sites for hydroxylation is 1. The van der Waals surface area contributed by atoms with E-state index in [0.29, 0.717) is 22.7 Å². The number of anilines is 2. The van der Waals surface area contributed by atoms with E-state index in [1.807, 2.05) is 13.8 Å². The first kappa shape index (κ1) is 13.0. The van der Waals surface area contributed by atoms with Crippen molar-refractivity contribution in [3.05, 3.63) is 46.0 Å². The summed E-state index contributed by atoms with van der Waals surface area (Å²) in [5.74, 6) is 0.453. The Kier molecular flexibility index (Phi) is 2.98. The molecule has 3 aromatic rings. The van der Waals surface area contributed by atoms with Crippen molar-refractivity contribution < 1.29 is 4.92 Å². The second-order valence-electron chi connectivity index (χ2n) is 4.61. The summed E-state index contributed by atoms with van der Waals surface area (Å²) in [6.07, 6.45) is 2.87. The smallest absolute Gasteiger partial charge is 0.293 e. The number of nitro benzene ring substituents is 1. The average molecular weight is 284 g/mol. The molecule has 106 valence electrons. The minimum absolute atomic E-state index is 0.00405. The average Bonchev–Trinajstić information content (AvgIpc) is 2.93. The number of nitrogens with zero attached hydrogens (tertiary/aromatic N) is 4. The molecule has 0 radical (unpaired) electrons. The molecule has 8 nitrogen and oxygen atoms in total. The van der Waals surface area contributed by atoms with Crippen molar-refractivity contribution in [1.29, 1.82) is 0 Å². The van der Waals surface area contributed by atoms with Crippen LogP contribution in [0, 0.1) is 24.0 Å². The molecule has 0 amide bonds. The van der Waals surface area contributed by atoms with Crippen LogP contribution in [0.15, 0.2) is 24.8 Å². The predicted octanol–water partition coefficient (Wildman–Crippen LogP) is 2.62. The van der Waals surface area contributed by atoms with Crippen LogP contribution in [0.1, 0.15) is 11.1 Å². The predicted molar refractivity (Wildman–Crippen MR) is 77.5 cm³/mol. The van der Waals surface area contributed by atoms with E-state index in [1.165, 1.54) is 18.7 Å². The Labute approximate surface area is 119 Å². The molecule has 0 spiro atoms. The molecule has 0 fully saturated rings. The zero-order chi connectivity index (χ0) is 15.0. The minimum Gasteiger partial charge on any atom is -0.340 e. The zero-order valence-corrected chi connectivity index (χ0v) is 11.4. The Morgan fingerprint density at radius 3 is 2.81 bits per heavy atom. The lowest BCUT2D eigenvalue weighted by molar-refractivity contribution is -0.384. The van der Waals surface area contributed by atoms with Crippen molar-refractivity contribution in [2.45, 2.75) is 13.8 Å². The fourth-order valence-corrected chi connectivity index (χ4v) is 2.09. The molecule has 0 unspecified atom stereocenters. The van der Waals surface area contributed by atoms with Crippen molar-refractivity contribution in [3.8, 4) is 0 Å². The molecular weight excluding hydrogens is 272 g/mol. The first-order valence-corrected chi connectivity index (χ1v) is 6.23. The van der Waals surface area contributed by atoms with Crippen molar-refractivity contribution in [1.82, 2.24) is 19.9 Å². The van der Waals surface area contributed by atoms with E-state index in [4.69, 9.17) is 0 Å². The van der Waals surface area contributed by atoms with Crippen molar-refractivity contribution in [3.63, 3.8) is 0 Å². The number of fused-ring (bicyclic) bond motifs is 1. The Hall–Kier alpha value is -3.03. The molecule has 2 N–H and O–H groups in total. The SMILES string of the molecule is Cc1ccc([N+](=O)[O-])c(Nc2ncnc3nc[nH]c23)c1C. The highest BCUT2D eigenvalue weighted by Crippen LogP contribution is 2.33. The van der Waals surface area contributed by atoms with Gasteiger partial charge in [0.2, 0.25) is 0 Å². The Balaban J connectivity index is 2.15. The summed E-state index contributed by atoms with van der Waals surface area (Å²) in [6.45, 7) is 3.73. The van der Waals surface area contributed by atoms with Gasteiger partial charge in [0, 0.05) is 6.07 Å². The van der Waals surface area contributed by atoms with Crippen molar-refractivity contribution in [2.75, 3.05) is 5.32 Å². The highest BCUT2D eigenvalue weighted by atomic mass is 16.6. The molecule has 21 heavy (non-hydrogen) atoms. The molecule has 3 rings (SSSR count). The number of H-pyrrole nitrogens is 1. The molecule has 8 heteroatoms. The molecule has 0 saturated carbocycles. The van der Waals surface area contributed by atoms with Crippen LogP contribution in [0.2, 0.25) is 0 Å². The molecule has 0 saturated heterocycles. The number of imidazole rings is 1. The molecule has 2 heterocycles. The van der Waals surface area contributed by atoms with Gasteiger partial charge in [0.15, 0.2) is 11.5 Å². The maximum absolute atomic E-state index is 11.2. The summed E-state index contributed by atoms with van der Waals surface area (Å²) in [7, 11) is 0. The third-order valence-corrected chi connectivity index (χ3v) is 3.38. The highest BCUT2D eigenvalue weighted by Gasteiger charge is 2.19. The van der Waals surface area contributed by atoms with Gasteiger partial charge in [0.1, 0.15) is 17.5 Å². The Morgan fingerprint density at radius 2 is 2.05 bits per heavy atom. The van der Waals surface area contributed by atoms with Gasteiger partial charge in [-0.3, -0.25) is 10.1 Å². The molecule has 0 aliphatic heterocycles. The van der Waals surface area contributed by atoms with Gasteiger partial charge in [0.25, 0.3) is 5.69 Å². The van der Waals surface area contributed by atoms with E-state index in [2.05, 4.69) is 25.3 Å². The van der Waals surface area contributed by atoms with Gasteiger partial charge in [-0.25, -0.2) is 15.0 Å². The van der Waals surface area contributed by atoms with Crippen LogP contribution < -0.4 is 5.32 Å². The van der Waals surface area contributed by atoms with Gasteiger partial charge in [-0.2, -0.15) is 0 Å². The molecule has 0 bridgehead atoms. The monoisotopic (exact) mass is 284 g/mol. The van der Waals surface area contributed by atoms with E-state index < -0.39 is 4.92 Å². The second-order valence-corrected chi connectivity index (χ2v) is 4.61. The third-order valence-electron chi connectivity index (χ3n) is 3.38. The number of nitro groups is 1. The summed E-state index contributed by atoms with van der Waals surface area (Å²) in [5, 5.41) is 14.2. The van der Waals surface area contributed by atoms with Crippen LogP contribution in [0.3, 0.4) is 0 Å². The summed E-state index contributed by atoms with van der Waals surface area (Å²) in [4.78, 5) is 25.9. The van der Waals surface area contributed by atoms with Crippen LogP contribution in [0.25, 0.3) is 11.2 Å². The van der Waals surface area contributed by atoms with Gasteiger partial charge in [-0.05, 0) is 25.0 Å². The number of aromatic amines is 1. The van der Waals surface area contributed by atoms with E-state index in [1.54, 1.807) is 6.07 Å². The molecule has 1 aromatic carbocycles. The van der Waals surface area contributed by atoms with Crippen LogP contribution in [0.4, 0.5) is 17.2 Å². The number of rotatable bonds is 3. The summed E-state index contributed by atoms with van der Waals surface area (Å²) < 4.78 is 0. The molecule has 2 aromatic heterocycles. The molecular formula is C13H12N6O2. The standard InChI is InChI=1S/C13H12N6O2/c1-7-3-4-9(19(20)21)10(8(7)2)18-13-11-12(15-5-14-11)16-6-17-13/h3-6H,1-2H3,(H2,14,15,16,17,18). The van der Waals surface area contributed by atoms with E-state index in [0.717, 1.165) is 11.1 Å². The number of hydrogen-bond acceptors (Lipinski definition) is 6. The van der Waals surface area contributed by atoms with Gasteiger partial charge < -0.3 is 10.3 Å². The topological polar surface area (TPSA) is 110 Å². The highest BCUT2D eigenvalue weighted by molar-refractivity contribution is 5.86. The van der Waals surface area contributed by atoms with Crippen molar-refractivity contribution >= 4 is 28.4 Å². The summed E-state index contributed by atoms with van der Waals surface area (Å²) >= 11 is 0. The first-order valence-electron chi connectivity index (χ1n) is 6.23. The first-order chi connectivity index (χ1) is 10.1. The number of benzene rings is 1. The van der Waals surface area contributed by atoms with Gasteiger partial charge >= 0.3 is 0 Å². The van der Waals surface area contributed by atoms with Gasteiger partial charge in [-0.15, -0.1) is 0 Å². The second kappa shape index (κ2) is 4.82. The Bertz CT molecular complexity index is 842. The lowest BCUT2D eigenvalue weighted by Gasteiger charge is -2.11. The number of hydrogen-bond donors (Lipinski definition) is 2. The summed E-state index contributed by atoms with van der Waals surface area (Å²) in [5.41, 5.74) is 3.29. The third kappa shape index (κ3) is 2.16. The minimum atomic E-state index is -0.417. The fourth-order valence-electron chi connectivity index (χ4n) is 2.09. The number of aromatic nitrogens is 4. The maximum Gasteiger partial charge on any atom is 0.293 e. The quantitative estimate of drug-likeness (QED) is 0.565. The van der Waals surface area contributed by atoms with E-state index in [9.17, 15) is 10.1 Å². The zero-order valence-electron chi connectivity index (χ0n) is 11.4. The largest absolute Gasteiger partial charge is 0.340 e. The van der Waals surface area contributed by atoms with Crippen LogP contribution >= 0.6 is 0 Å². The van der Waals surface area contributed by atoms with Gasteiger partial charge in [-0.1, -0.05) is 6.07 Å². The molecule has 0 aliphatic rings. The Morgan fingerprint density at radius 1 is 1.24 bits per heavy atom. The number of nitrogens with one attached hydrogen (secondary N) is 2. The molecule has 0 aliphatic carbocycles. The lowest BCUT2D eigenvalue weighted by atomic mass is 10.1. The fraction of sp³-hybridized carbons (Fsp3) is 0.154. The van der Waals surface area contributed by atoms with Crippen LogP contribution in [0.5, 0.6) is 0 Å². The van der Waals surface area contributed by atoms with Crippen molar-refractivity contribution in [2.24, 2.45) is 0 Å². The van der Waals surface area contributed by atoms with Gasteiger partial charge in [0.05, 0.1) is 11.3 Å². The van der Waals surface area contributed by atoms with E-state index in [-0.39, 0.29) is 5.69 Å². The molecule has 0 atom stereocenters.